The summed E-state index contributed by atoms with van der Waals surface area (Å²) in [7, 11) is 0. The molecule has 17 heavy (non-hydrogen) atoms. The molecule has 0 unspecified atom stereocenters. The van der Waals surface area contributed by atoms with E-state index in [-0.39, 0.29) is 0 Å². The van der Waals surface area contributed by atoms with E-state index < -0.39 is 0 Å². The minimum atomic E-state index is 0.696. The summed E-state index contributed by atoms with van der Waals surface area (Å²) < 4.78 is 0. The second kappa shape index (κ2) is 5.32. The highest BCUT2D eigenvalue weighted by atomic mass is 32.2. The first kappa shape index (κ1) is 12.1. The van der Waals surface area contributed by atoms with E-state index in [2.05, 4.69) is 11.9 Å². The number of nitrogens with zero attached hydrogens (tertiary/aromatic N) is 1. The van der Waals surface area contributed by atoms with E-state index in [9.17, 15) is 4.79 Å². The number of carbonyl (C=O) groups excluding carboxylic acids is 1. The molecule has 2 nitrogen and oxygen atoms in total. The number of hydrogen-bond donors (Lipinski definition) is 0. The lowest BCUT2D eigenvalue weighted by Gasteiger charge is -2.07. The van der Waals surface area contributed by atoms with E-state index in [0.29, 0.717) is 5.56 Å². The van der Waals surface area contributed by atoms with Crippen LogP contribution in [0.3, 0.4) is 0 Å². The molecule has 0 bridgehead atoms. The number of aryl methyl sites for hydroxylation is 1. The van der Waals surface area contributed by atoms with Gasteiger partial charge in [0.2, 0.25) is 0 Å². The van der Waals surface area contributed by atoms with E-state index in [0.717, 1.165) is 40.0 Å². The molecule has 88 valence electrons. The summed E-state index contributed by atoms with van der Waals surface area (Å²) in [5.74, 6) is 0.991. The van der Waals surface area contributed by atoms with Gasteiger partial charge in [0.15, 0.2) is 6.29 Å². The van der Waals surface area contributed by atoms with Crippen LogP contribution in [0.2, 0.25) is 0 Å². The SMILES string of the molecule is CCCSc1nc2c(C)cccc2cc1C=O. The van der Waals surface area contributed by atoms with Crippen LogP contribution in [0, 0.1) is 6.92 Å². The number of para-hydroxylation sites is 1. The Kier molecular flexibility index (Phi) is 3.79. The van der Waals surface area contributed by atoms with Crippen molar-refractivity contribution in [1.29, 1.82) is 0 Å². The quantitative estimate of drug-likeness (QED) is 0.605. The van der Waals surface area contributed by atoms with Crippen molar-refractivity contribution in [1.82, 2.24) is 4.98 Å². The molecule has 0 fully saturated rings. The highest BCUT2D eigenvalue weighted by molar-refractivity contribution is 7.99. The summed E-state index contributed by atoms with van der Waals surface area (Å²) in [6, 6.07) is 7.97. The number of benzene rings is 1. The maximum absolute atomic E-state index is 11.1. The van der Waals surface area contributed by atoms with E-state index in [4.69, 9.17) is 0 Å². The van der Waals surface area contributed by atoms with Gasteiger partial charge < -0.3 is 0 Å². The van der Waals surface area contributed by atoms with Crippen molar-refractivity contribution >= 4 is 29.0 Å². The number of carbonyl (C=O) groups is 1. The standard InChI is InChI=1S/C14H15NOS/c1-3-7-17-14-12(9-16)8-11-6-4-5-10(2)13(11)15-14/h4-6,8-9H,3,7H2,1-2H3. The zero-order valence-electron chi connectivity index (χ0n) is 10.1. The Hall–Kier alpha value is -1.35. The van der Waals surface area contributed by atoms with Crippen molar-refractivity contribution in [3.05, 3.63) is 35.4 Å². The molecule has 0 aliphatic heterocycles. The third-order valence-electron chi connectivity index (χ3n) is 2.61. The van der Waals surface area contributed by atoms with Crippen LogP contribution in [0.1, 0.15) is 29.3 Å². The van der Waals surface area contributed by atoms with E-state index >= 15 is 0 Å². The van der Waals surface area contributed by atoms with Gasteiger partial charge in [-0.1, -0.05) is 25.1 Å². The molecule has 0 aliphatic carbocycles. The van der Waals surface area contributed by atoms with Gasteiger partial charge in [0.25, 0.3) is 0 Å². The average molecular weight is 245 g/mol. The molecule has 1 heterocycles. The van der Waals surface area contributed by atoms with Gasteiger partial charge in [-0.3, -0.25) is 4.79 Å². The van der Waals surface area contributed by atoms with Crippen LogP contribution in [-0.2, 0) is 0 Å². The van der Waals surface area contributed by atoms with Crippen LogP contribution in [0.5, 0.6) is 0 Å². The molecule has 0 atom stereocenters. The number of hydrogen-bond acceptors (Lipinski definition) is 3. The van der Waals surface area contributed by atoms with Crippen molar-refractivity contribution < 1.29 is 4.79 Å². The largest absolute Gasteiger partial charge is 0.298 e. The Morgan fingerprint density at radius 1 is 1.41 bits per heavy atom. The molecule has 0 saturated carbocycles. The van der Waals surface area contributed by atoms with Crippen LogP contribution < -0.4 is 0 Å². The van der Waals surface area contributed by atoms with Crippen LogP contribution in [0.25, 0.3) is 10.9 Å². The smallest absolute Gasteiger partial charge is 0.152 e. The van der Waals surface area contributed by atoms with E-state index in [1.165, 1.54) is 0 Å². The molecule has 0 spiro atoms. The highest BCUT2D eigenvalue weighted by Gasteiger charge is 2.07. The molecule has 1 aromatic heterocycles. The molecule has 3 heteroatoms. The summed E-state index contributed by atoms with van der Waals surface area (Å²) in [6.07, 6.45) is 1.98. The number of pyridine rings is 1. The fraction of sp³-hybridized carbons (Fsp3) is 0.286. The molecule has 0 N–H and O–H groups in total. The van der Waals surface area contributed by atoms with Gasteiger partial charge in [0, 0.05) is 10.9 Å². The summed E-state index contributed by atoms with van der Waals surface area (Å²) in [4.78, 5) is 15.7. The molecule has 0 radical (unpaired) electrons. The van der Waals surface area contributed by atoms with Gasteiger partial charge in [-0.25, -0.2) is 4.98 Å². The minimum Gasteiger partial charge on any atom is -0.298 e. The third-order valence-corrected chi connectivity index (χ3v) is 3.82. The Morgan fingerprint density at radius 2 is 2.24 bits per heavy atom. The maximum Gasteiger partial charge on any atom is 0.152 e. The molecule has 2 rings (SSSR count). The fourth-order valence-corrected chi connectivity index (χ4v) is 2.57. The van der Waals surface area contributed by atoms with Crippen molar-refractivity contribution in [2.45, 2.75) is 25.3 Å². The van der Waals surface area contributed by atoms with Gasteiger partial charge >= 0.3 is 0 Å². The zero-order valence-corrected chi connectivity index (χ0v) is 10.9. The van der Waals surface area contributed by atoms with Crippen LogP contribution in [0.4, 0.5) is 0 Å². The normalized spacial score (nSPS) is 10.7. The molecular weight excluding hydrogens is 230 g/mol. The van der Waals surface area contributed by atoms with Crippen LogP contribution in [-0.4, -0.2) is 17.0 Å². The van der Waals surface area contributed by atoms with Crippen molar-refractivity contribution in [3.63, 3.8) is 0 Å². The van der Waals surface area contributed by atoms with E-state index in [1.54, 1.807) is 11.8 Å². The van der Waals surface area contributed by atoms with Gasteiger partial charge in [-0.2, -0.15) is 0 Å². The van der Waals surface area contributed by atoms with Gasteiger partial charge in [-0.05, 0) is 30.7 Å². The lowest BCUT2D eigenvalue weighted by Crippen LogP contribution is -1.93. The van der Waals surface area contributed by atoms with Gasteiger partial charge in [0.1, 0.15) is 5.03 Å². The molecular formula is C14H15NOS. The fourth-order valence-electron chi connectivity index (χ4n) is 1.74. The summed E-state index contributed by atoms with van der Waals surface area (Å²) >= 11 is 1.65. The molecule has 1 aromatic carbocycles. The van der Waals surface area contributed by atoms with Crippen molar-refractivity contribution in [2.24, 2.45) is 0 Å². The first-order valence-corrected chi connectivity index (χ1v) is 6.73. The maximum atomic E-state index is 11.1. The summed E-state index contributed by atoms with van der Waals surface area (Å²) in [5.41, 5.74) is 2.84. The Morgan fingerprint density at radius 3 is 2.94 bits per heavy atom. The van der Waals surface area contributed by atoms with Gasteiger partial charge in [-0.15, -0.1) is 11.8 Å². The highest BCUT2D eigenvalue weighted by Crippen LogP contribution is 2.25. The van der Waals surface area contributed by atoms with Gasteiger partial charge in [0.05, 0.1) is 5.52 Å². The summed E-state index contributed by atoms with van der Waals surface area (Å²) in [6.45, 7) is 4.17. The Labute approximate surface area is 105 Å². The third kappa shape index (κ3) is 2.50. The lowest BCUT2D eigenvalue weighted by molar-refractivity contribution is 0.112. The molecule has 0 aliphatic rings. The summed E-state index contributed by atoms with van der Waals surface area (Å²) in [5, 5.41) is 1.89. The van der Waals surface area contributed by atoms with Crippen LogP contribution in [0.15, 0.2) is 29.3 Å². The Balaban J connectivity index is 2.57. The lowest BCUT2D eigenvalue weighted by atomic mass is 10.1. The average Bonchev–Trinajstić information content (AvgIpc) is 2.36. The minimum absolute atomic E-state index is 0.696. The Bertz CT molecular complexity index is 551. The number of thioether (sulfide) groups is 1. The molecule has 0 amide bonds. The van der Waals surface area contributed by atoms with E-state index in [1.807, 2.05) is 31.2 Å². The number of aldehydes is 1. The number of fused-ring (bicyclic) bond motifs is 1. The predicted molar refractivity (Wildman–Crippen MR) is 72.9 cm³/mol. The monoisotopic (exact) mass is 245 g/mol. The molecule has 0 saturated heterocycles. The van der Waals surface area contributed by atoms with Crippen molar-refractivity contribution in [3.8, 4) is 0 Å². The topological polar surface area (TPSA) is 30.0 Å². The number of aromatic nitrogens is 1. The van der Waals surface area contributed by atoms with Crippen molar-refractivity contribution in [2.75, 3.05) is 5.75 Å². The molecule has 2 aromatic rings. The second-order valence-electron chi connectivity index (χ2n) is 4.00. The predicted octanol–water partition coefficient (Wildman–Crippen LogP) is 3.86. The number of rotatable bonds is 4. The zero-order chi connectivity index (χ0) is 12.3. The first-order valence-electron chi connectivity index (χ1n) is 5.74. The first-order chi connectivity index (χ1) is 8.26. The second-order valence-corrected chi connectivity index (χ2v) is 5.08. The van der Waals surface area contributed by atoms with Crippen LogP contribution >= 0.6 is 11.8 Å².